The maximum absolute atomic E-state index is 13.7. The molecule has 0 bridgehead atoms. The zero-order valence-electron chi connectivity index (χ0n) is 18.1. The molecule has 1 amide bonds. The molecule has 3 aliphatic rings. The molecule has 0 spiro atoms. The first-order chi connectivity index (χ1) is 14.8. The van der Waals surface area contributed by atoms with E-state index < -0.39 is 0 Å². The van der Waals surface area contributed by atoms with Crippen LogP contribution in [0.1, 0.15) is 50.2 Å². The predicted molar refractivity (Wildman–Crippen MR) is 125 cm³/mol. The molecule has 4 rings (SSSR count). The first-order valence-electron chi connectivity index (χ1n) is 10.9. The predicted octanol–water partition coefficient (Wildman–Crippen LogP) is 4.55. The molecule has 3 N–H and O–H groups in total. The number of nitrogens with one attached hydrogen (secondary N) is 1. The number of thioether (sulfide) groups is 1. The second kappa shape index (κ2) is 8.99. The topological polar surface area (TPSA) is 82.5 Å². The lowest BCUT2D eigenvalue weighted by Crippen LogP contribution is -2.34. The first-order valence-corrected chi connectivity index (χ1v) is 11.7. The van der Waals surface area contributed by atoms with Crippen LogP contribution in [0.5, 0.6) is 0 Å². The van der Waals surface area contributed by atoms with Gasteiger partial charge in [-0.3, -0.25) is 15.2 Å². The van der Waals surface area contributed by atoms with Crippen molar-refractivity contribution >= 4 is 28.5 Å². The van der Waals surface area contributed by atoms with Gasteiger partial charge in [0, 0.05) is 18.7 Å². The average Bonchev–Trinajstić information content (AvgIpc) is 3.51. The lowest BCUT2D eigenvalue weighted by Gasteiger charge is -2.22. The van der Waals surface area contributed by atoms with E-state index in [-0.39, 0.29) is 22.9 Å². The number of allylic oxidation sites excluding steroid dienone is 1. The van der Waals surface area contributed by atoms with Gasteiger partial charge in [0.05, 0.1) is 18.2 Å². The summed E-state index contributed by atoms with van der Waals surface area (Å²) in [5, 5.41) is 7.64. The van der Waals surface area contributed by atoms with Crippen molar-refractivity contribution in [3.05, 3.63) is 57.3 Å². The number of nitrogens with zero attached hydrogens (tertiary/aromatic N) is 2. The number of amides is 1. The summed E-state index contributed by atoms with van der Waals surface area (Å²) in [6, 6.07) is 4.96. The van der Waals surface area contributed by atoms with Gasteiger partial charge in [-0.15, -0.1) is 0 Å². The normalized spacial score (nSPS) is 21.6. The zero-order valence-corrected chi connectivity index (χ0v) is 18.9. The van der Waals surface area contributed by atoms with Crippen molar-refractivity contribution in [3.8, 4) is 0 Å². The molecule has 1 aromatic carbocycles. The van der Waals surface area contributed by atoms with Gasteiger partial charge in [-0.05, 0) is 85.8 Å². The third kappa shape index (κ3) is 5.09. The van der Waals surface area contributed by atoms with Crippen molar-refractivity contribution in [2.45, 2.75) is 52.0 Å². The summed E-state index contributed by atoms with van der Waals surface area (Å²) in [6.45, 7) is 5.16. The van der Waals surface area contributed by atoms with Crippen LogP contribution in [0.3, 0.4) is 0 Å². The standard InChI is InChI=1S/C24H29FN4OS/c1-14-7-9-29(10-8-22(14)31-24(26)27)23(30)13-21-18(16-3-4-16)12-20(28-21)17-5-6-19(25)15(2)11-17/h5-6,11-12,16,21H,3-4,7-10,13H2,1-2H3,(H3,26,27). The maximum atomic E-state index is 13.7. The smallest absolute Gasteiger partial charge is 0.225 e. The highest BCUT2D eigenvalue weighted by atomic mass is 32.2. The number of aryl methyl sites for hydroxylation is 1. The summed E-state index contributed by atoms with van der Waals surface area (Å²) in [5.74, 6) is 0.429. The maximum Gasteiger partial charge on any atom is 0.225 e. The van der Waals surface area contributed by atoms with Crippen LogP contribution in [0.4, 0.5) is 4.39 Å². The Balaban J connectivity index is 1.46. The van der Waals surface area contributed by atoms with Gasteiger partial charge in [-0.1, -0.05) is 17.3 Å². The molecular formula is C24H29FN4OS. The summed E-state index contributed by atoms with van der Waals surface area (Å²) >= 11 is 1.30. The third-order valence-electron chi connectivity index (χ3n) is 6.28. The molecule has 0 radical (unpaired) electrons. The summed E-state index contributed by atoms with van der Waals surface area (Å²) < 4.78 is 13.7. The Bertz CT molecular complexity index is 1010. The molecule has 31 heavy (non-hydrogen) atoms. The first kappa shape index (κ1) is 21.8. The van der Waals surface area contributed by atoms with Gasteiger partial charge in [0.2, 0.25) is 5.91 Å². The SMILES string of the molecule is CC1=C(SC(=N)N)CCN(C(=O)CC2N=C(c3ccc(F)c(C)c3)C=C2C2CC2)CC1. The number of aliphatic imine (C=N–C) groups is 1. The van der Waals surface area contributed by atoms with Crippen LogP contribution in [-0.2, 0) is 4.79 Å². The van der Waals surface area contributed by atoms with Crippen LogP contribution >= 0.6 is 11.8 Å². The number of hydrogen-bond acceptors (Lipinski definition) is 4. The number of benzene rings is 1. The largest absolute Gasteiger partial charge is 0.378 e. The molecule has 1 fully saturated rings. The molecule has 1 atom stereocenters. The van der Waals surface area contributed by atoms with Crippen LogP contribution in [0.25, 0.3) is 0 Å². The summed E-state index contributed by atoms with van der Waals surface area (Å²) in [6.07, 6.45) is 6.35. The fourth-order valence-electron chi connectivity index (χ4n) is 4.28. The number of hydrogen-bond donors (Lipinski definition) is 2. The van der Waals surface area contributed by atoms with Crippen molar-refractivity contribution in [2.24, 2.45) is 16.6 Å². The van der Waals surface area contributed by atoms with Gasteiger partial charge in [-0.2, -0.15) is 0 Å². The summed E-state index contributed by atoms with van der Waals surface area (Å²) in [4.78, 5) is 21.1. The van der Waals surface area contributed by atoms with E-state index in [1.807, 2.05) is 11.0 Å². The van der Waals surface area contributed by atoms with E-state index in [4.69, 9.17) is 16.1 Å². The molecule has 0 aromatic heterocycles. The number of amidine groups is 1. The second-order valence-corrected chi connectivity index (χ2v) is 9.80. The monoisotopic (exact) mass is 440 g/mol. The van der Waals surface area contributed by atoms with Gasteiger partial charge in [0.15, 0.2) is 5.17 Å². The van der Waals surface area contributed by atoms with Gasteiger partial charge >= 0.3 is 0 Å². The van der Waals surface area contributed by atoms with E-state index in [0.717, 1.165) is 41.9 Å². The van der Waals surface area contributed by atoms with Crippen molar-refractivity contribution in [1.29, 1.82) is 5.41 Å². The molecule has 2 heterocycles. The van der Waals surface area contributed by atoms with E-state index in [1.54, 1.807) is 13.0 Å². The second-order valence-electron chi connectivity index (χ2n) is 8.67. The van der Waals surface area contributed by atoms with Gasteiger partial charge < -0.3 is 10.6 Å². The van der Waals surface area contributed by atoms with E-state index >= 15 is 0 Å². The van der Waals surface area contributed by atoms with Crippen LogP contribution in [-0.4, -0.2) is 40.8 Å². The Hall–Kier alpha value is -2.41. The number of nitrogens with two attached hydrogens (primary N) is 1. The third-order valence-corrected chi connectivity index (χ3v) is 7.30. The van der Waals surface area contributed by atoms with Gasteiger partial charge in [0.25, 0.3) is 0 Å². The highest BCUT2D eigenvalue weighted by molar-refractivity contribution is 8.17. The highest BCUT2D eigenvalue weighted by Gasteiger charge is 2.36. The molecule has 1 unspecified atom stereocenters. The summed E-state index contributed by atoms with van der Waals surface area (Å²) in [7, 11) is 0. The number of halogens is 1. The fraction of sp³-hybridized carbons (Fsp3) is 0.458. The molecular weight excluding hydrogens is 411 g/mol. The minimum Gasteiger partial charge on any atom is -0.378 e. The van der Waals surface area contributed by atoms with Crippen LogP contribution in [0.15, 0.2) is 45.3 Å². The van der Waals surface area contributed by atoms with Crippen molar-refractivity contribution in [1.82, 2.24) is 4.90 Å². The molecule has 0 saturated heterocycles. The quantitative estimate of drug-likeness (QED) is 0.520. The minimum absolute atomic E-state index is 0.0946. The minimum atomic E-state index is -0.215. The number of carbonyl (C=O) groups excluding carboxylic acids is 1. The van der Waals surface area contributed by atoms with Crippen molar-refractivity contribution in [3.63, 3.8) is 0 Å². The Morgan fingerprint density at radius 2 is 2.03 bits per heavy atom. The zero-order chi connectivity index (χ0) is 22.1. The molecule has 5 nitrogen and oxygen atoms in total. The lowest BCUT2D eigenvalue weighted by atomic mass is 9.99. The Labute approximate surface area is 187 Å². The van der Waals surface area contributed by atoms with Crippen LogP contribution in [0.2, 0.25) is 0 Å². The van der Waals surface area contributed by atoms with Crippen LogP contribution in [0, 0.1) is 24.1 Å². The fourth-order valence-corrected chi connectivity index (χ4v) is 5.02. The van der Waals surface area contributed by atoms with Gasteiger partial charge in [-0.25, -0.2) is 4.39 Å². The highest BCUT2D eigenvalue weighted by Crippen LogP contribution is 2.42. The Morgan fingerprint density at radius 1 is 1.29 bits per heavy atom. The molecule has 7 heteroatoms. The Morgan fingerprint density at radius 3 is 2.71 bits per heavy atom. The van der Waals surface area contributed by atoms with Crippen molar-refractivity contribution in [2.75, 3.05) is 13.1 Å². The van der Waals surface area contributed by atoms with Gasteiger partial charge in [0.1, 0.15) is 5.82 Å². The molecule has 1 aliphatic carbocycles. The molecule has 2 aliphatic heterocycles. The average molecular weight is 441 g/mol. The van der Waals surface area contributed by atoms with Crippen LogP contribution < -0.4 is 5.73 Å². The molecule has 1 saturated carbocycles. The van der Waals surface area contributed by atoms with Crippen molar-refractivity contribution < 1.29 is 9.18 Å². The molecule has 1 aromatic rings. The number of carbonyl (C=O) groups is 1. The molecule has 164 valence electrons. The summed E-state index contributed by atoms with van der Waals surface area (Å²) in [5.41, 5.74) is 10.4. The Kier molecular flexibility index (Phi) is 6.32. The van der Waals surface area contributed by atoms with E-state index in [9.17, 15) is 9.18 Å². The number of rotatable bonds is 5. The lowest BCUT2D eigenvalue weighted by molar-refractivity contribution is -0.131. The van der Waals surface area contributed by atoms with E-state index in [1.165, 1.54) is 29.0 Å². The van der Waals surface area contributed by atoms with E-state index in [2.05, 4.69) is 13.0 Å². The van der Waals surface area contributed by atoms with E-state index in [0.29, 0.717) is 31.0 Å².